The van der Waals surface area contributed by atoms with Crippen LogP contribution in [0.15, 0.2) is 0 Å². The van der Waals surface area contributed by atoms with Gasteiger partial charge in [0.05, 0.1) is 0 Å². The van der Waals surface area contributed by atoms with Crippen molar-refractivity contribution in [3.63, 3.8) is 0 Å². The second-order valence-corrected chi connectivity index (χ2v) is 3.91. The first-order valence-corrected chi connectivity index (χ1v) is 6.22. The molecule has 0 saturated carbocycles. The van der Waals surface area contributed by atoms with Crippen LogP contribution in [-0.2, 0) is 4.79 Å². The van der Waals surface area contributed by atoms with Crippen molar-refractivity contribution in [2.45, 2.75) is 39.5 Å². The maximum atomic E-state index is 11.5. The summed E-state index contributed by atoms with van der Waals surface area (Å²) in [6, 6.07) is 0. The summed E-state index contributed by atoms with van der Waals surface area (Å²) in [5.74, 6) is 0.310. The zero-order valence-electron chi connectivity index (χ0n) is 8.68. The third kappa shape index (κ3) is 6.08. The van der Waals surface area contributed by atoms with Gasteiger partial charge in [0.15, 0.2) is 0 Å². The Morgan fingerprint density at radius 1 is 1.31 bits per heavy atom. The van der Waals surface area contributed by atoms with E-state index in [1.54, 1.807) is 0 Å². The number of hydrogen-bond donors (Lipinski definition) is 0. The van der Waals surface area contributed by atoms with Crippen LogP contribution in [0, 0.1) is 0 Å². The van der Waals surface area contributed by atoms with Gasteiger partial charge in [0, 0.05) is 24.8 Å². The minimum Gasteiger partial charge on any atom is -0.343 e. The lowest BCUT2D eigenvalue weighted by atomic mass is 10.2. The highest BCUT2D eigenvalue weighted by Gasteiger charge is 2.09. The molecule has 0 aromatic heterocycles. The molecule has 0 bridgehead atoms. The third-order valence-corrected chi connectivity index (χ3v) is 2.60. The average molecular weight is 250 g/mol. The monoisotopic (exact) mass is 249 g/mol. The highest BCUT2D eigenvalue weighted by atomic mass is 79.9. The van der Waals surface area contributed by atoms with Gasteiger partial charge >= 0.3 is 0 Å². The number of rotatable bonds is 7. The number of hydrogen-bond acceptors (Lipinski definition) is 1. The first-order valence-electron chi connectivity index (χ1n) is 5.10. The Balaban J connectivity index is 3.71. The van der Waals surface area contributed by atoms with E-state index < -0.39 is 0 Å². The van der Waals surface area contributed by atoms with Crippen LogP contribution in [0.2, 0.25) is 0 Å². The van der Waals surface area contributed by atoms with Crippen molar-refractivity contribution in [1.29, 1.82) is 0 Å². The van der Waals surface area contributed by atoms with Crippen molar-refractivity contribution in [2.24, 2.45) is 0 Å². The number of alkyl halides is 1. The van der Waals surface area contributed by atoms with Crippen molar-refractivity contribution in [3.8, 4) is 0 Å². The van der Waals surface area contributed by atoms with Gasteiger partial charge in [-0.2, -0.15) is 0 Å². The Morgan fingerprint density at radius 3 is 2.46 bits per heavy atom. The average Bonchev–Trinajstić information content (AvgIpc) is 2.16. The summed E-state index contributed by atoms with van der Waals surface area (Å²) < 4.78 is 0. The Morgan fingerprint density at radius 2 is 2.00 bits per heavy atom. The smallest absolute Gasteiger partial charge is 0.222 e. The molecule has 0 heterocycles. The fraction of sp³-hybridized carbons (Fsp3) is 0.900. The molecule has 0 atom stereocenters. The van der Waals surface area contributed by atoms with E-state index in [0.717, 1.165) is 37.7 Å². The van der Waals surface area contributed by atoms with E-state index in [2.05, 4.69) is 22.9 Å². The summed E-state index contributed by atoms with van der Waals surface area (Å²) in [4.78, 5) is 13.5. The molecular weight excluding hydrogens is 230 g/mol. The van der Waals surface area contributed by atoms with E-state index in [0.29, 0.717) is 12.3 Å². The first-order chi connectivity index (χ1) is 6.26. The molecule has 3 heteroatoms. The third-order valence-electron chi connectivity index (χ3n) is 2.04. The van der Waals surface area contributed by atoms with E-state index >= 15 is 0 Å². The fourth-order valence-electron chi connectivity index (χ4n) is 1.20. The predicted octanol–water partition coefficient (Wildman–Crippen LogP) is 2.81. The van der Waals surface area contributed by atoms with Crippen molar-refractivity contribution >= 4 is 21.8 Å². The lowest BCUT2D eigenvalue weighted by molar-refractivity contribution is -0.131. The number of amides is 1. The normalized spacial score (nSPS) is 10.1. The van der Waals surface area contributed by atoms with Crippen LogP contribution in [0.4, 0.5) is 0 Å². The van der Waals surface area contributed by atoms with Crippen LogP contribution >= 0.6 is 15.9 Å². The number of carbonyl (C=O) groups excluding carboxylic acids is 1. The van der Waals surface area contributed by atoms with Gasteiger partial charge in [0.25, 0.3) is 0 Å². The molecule has 0 aliphatic rings. The van der Waals surface area contributed by atoms with E-state index in [1.807, 2.05) is 11.8 Å². The molecular formula is C10H20BrNO. The van der Waals surface area contributed by atoms with Gasteiger partial charge in [-0.15, -0.1) is 0 Å². The Bertz CT molecular complexity index is 139. The molecule has 0 spiro atoms. The molecule has 0 radical (unpaired) electrons. The van der Waals surface area contributed by atoms with E-state index in [-0.39, 0.29) is 0 Å². The van der Waals surface area contributed by atoms with Gasteiger partial charge in [0.1, 0.15) is 0 Å². The minimum atomic E-state index is 0.310. The number of unbranched alkanes of at least 4 members (excludes halogenated alkanes) is 1. The van der Waals surface area contributed by atoms with Gasteiger partial charge < -0.3 is 4.90 Å². The van der Waals surface area contributed by atoms with Crippen molar-refractivity contribution in [1.82, 2.24) is 4.90 Å². The summed E-state index contributed by atoms with van der Waals surface area (Å²) in [6.45, 7) is 5.89. The van der Waals surface area contributed by atoms with Crippen LogP contribution in [0.25, 0.3) is 0 Å². The quantitative estimate of drug-likeness (QED) is 0.636. The molecule has 0 aliphatic heterocycles. The zero-order chi connectivity index (χ0) is 10.1. The highest BCUT2D eigenvalue weighted by molar-refractivity contribution is 9.09. The van der Waals surface area contributed by atoms with Gasteiger partial charge in [-0.1, -0.05) is 29.3 Å². The van der Waals surface area contributed by atoms with Crippen LogP contribution in [0.3, 0.4) is 0 Å². The maximum Gasteiger partial charge on any atom is 0.222 e. The number of halogens is 1. The lowest BCUT2D eigenvalue weighted by Crippen LogP contribution is -2.31. The largest absolute Gasteiger partial charge is 0.343 e. The van der Waals surface area contributed by atoms with E-state index in [4.69, 9.17) is 0 Å². The number of nitrogens with zero attached hydrogens (tertiary/aromatic N) is 1. The van der Waals surface area contributed by atoms with Crippen LogP contribution in [-0.4, -0.2) is 29.2 Å². The molecule has 0 aliphatic carbocycles. The highest BCUT2D eigenvalue weighted by Crippen LogP contribution is 2.02. The predicted molar refractivity (Wildman–Crippen MR) is 60.2 cm³/mol. The molecule has 78 valence electrons. The molecule has 0 rings (SSSR count). The van der Waals surface area contributed by atoms with E-state index in [1.165, 1.54) is 0 Å². The van der Waals surface area contributed by atoms with Crippen LogP contribution in [0.5, 0.6) is 0 Å². The summed E-state index contributed by atoms with van der Waals surface area (Å²) in [7, 11) is 0. The molecule has 2 nitrogen and oxygen atoms in total. The second kappa shape index (κ2) is 8.54. The summed E-state index contributed by atoms with van der Waals surface area (Å²) in [6.07, 6.45) is 3.88. The van der Waals surface area contributed by atoms with Gasteiger partial charge in [-0.05, 0) is 19.8 Å². The SMILES string of the molecule is CCCCC(=O)N(CC)CCCBr. The van der Waals surface area contributed by atoms with Gasteiger partial charge in [-0.3, -0.25) is 4.79 Å². The Kier molecular flexibility index (Phi) is 8.51. The molecule has 0 unspecified atom stereocenters. The molecule has 0 fully saturated rings. The topological polar surface area (TPSA) is 20.3 Å². The van der Waals surface area contributed by atoms with E-state index in [9.17, 15) is 4.79 Å². The fourth-order valence-corrected chi connectivity index (χ4v) is 1.45. The molecule has 0 aromatic rings. The first kappa shape index (κ1) is 12.9. The van der Waals surface area contributed by atoms with Crippen molar-refractivity contribution < 1.29 is 4.79 Å². The van der Waals surface area contributed by atoms with Crippen molar-refractivity contribution in [3.05, 3.63) is 0 Å². The van der Waals surface area contributed by atoms with Crippen LogP contribution < -0.4 is 0 Å². The molecule has 13 heavy (non-hydrogen) atoms. The zero-order valence-corrected chi connectivity index (χ0v) is 10.3. The van der Waals surface area contributed by atoms with Gasteiger partial charge in [-0.25, -0.2) is 0 Å². The summed E-state index contributed by atoms with van der Waals surface area (Å²) in [5.41, 5.74) is 0. The summed E-state index contributed by atoms with van der Waals surface area (Å²) >= 11 is 3.37. The lowest BCUT2D eigenvalue weighted by Gasteiger charge is -2.20. The number of carbonyl (C=O) groups is 1. The van der Waals surface area contributed by atoms with Crippen molar-refractivity contribution in [2.75, 3.05) is 18.4 Å². The Hall–Kier alpha value is -0.0500. The molecule has 0 N–H and O–H groups in total. The second-order valence-electron chi connectivity index (χ2n) is 3.12. The Labute approximate surface area is 89.8 Å². The van der Waals surface area contributed by atoms with Gasteiger partial charge in [0.2, 0.25) is 5.91 Å². The molecule has 0 aromatic carbocycles. The maximum absolute atomic E-state index is 11.5. The van der Waals surface area contributed by atoms with Crippen LogP contribution in [0.1, 0.15) is 39.5 Å². The minimum absolute atomic E-state index is 0.310. The molecule has 0 saturated heterocycles. The summed E-state index contributed by atoms with van der Waals surface area (Å²) in [5, 5.41) is 0.977. The molecule has 1 amide bonds. The standard InChI is InChI=1S/C10H20BrNO/c1-3-5-7-10(13)12(4-2)9-6-8-11/h3-9H2,1-2H3.